The third kappa shape index (κ3) is 6.19. The molecule has 1 aromatic carbocycles. The van der Waals surface area contributed by atoms with Gasteiger partial charge in [0.1, 0.15) is 0 Å². The lowest BCUT2D eigenvalue weighted by Crippen LogP contribution is -2.40. The summed E-state index contributed by atoms with van der Waals surface area (Å²) in [6.07, 6.45) is 3.20. The Hall–Kier alpha value is -2.61. The predicted molar refractivity (Wildman–Crippen MR) is 119 cm³/mol. The summed E-state index contributed by atoms with van der Waals surface area (Å²) in [5, 5.41) is 2.82. The maximum atomic E-state index is 13.2. The van der Waals surface area contributed by atoms with Gasteiger partial charge in [-0.25, -0.2) is 18.2 Å². The average Bonchev–Trinajstić information content (AvgIpc) is 3.04. The maximum absolute atomic E-state index is 13.2. The molecule has 164 valence electrons. The standard InChI is InChI=1S/C22H32N4O3S/c1-6-11-25(21(27)23-7-2)15-20-13-24-22(26(20)14-17(3)4)30(28,29)16-19-10-8-9-18(5)12-19/h6,8-10,12-13,17H,1,7,11,14-16H2,2-5H3,(H,23,27). The number of hydrogen-bond acceptors (Lipinski definition) is 4. The summed E-state index contributed by atoms with van der Waals surface area (Å²) in [4.78, 5) is 18.2. The van der Waals surface area contributed by atoms with E-state index in [0.717, 1.165) is 11.1 Å². The smallest absolute Gasteiger partial charge is 0.318 e. The van der Waals surface area contributed by atoms with Crippen molar-refractivity contribution in [3.63, 3.8) is 0 Å². The van der Waals surface area contributed by atoms with Crippen molar-refractivity contribution in [3.05, 3.63) is 59.9 Å². The van der Waals surface area contributed by atoms with Crippen LogP contribution in [-0.2, 0) is 28.7 Å². The number of aryl methyl sites for hydroxylation is 1. The number of amides is 2. The summed E-state index contributed by atoms with van der Waals surface area (Å²) in [5.74, 6) is 0.0961. The summed E-state index contributed by atoms with van der Waals surface area (Å²) in [5.41, 5.74) is 2.42. The van der Waals surface area contributed by atoms with E-state index >= 15 is 0 Å². The van der Waals surface area contributed by atoms with Gasteiger partial charge in [0.15, 0.2) is 0 Å². The normalized spacial score (nSPS) is 11.5. The number of imidazole rings is 1. The van der Waals surface area contributed by atoms with E-state index in [4.69, 9.17) is 0 Å². The van der Waals surface area contributed by atoms with Gasteiger partial charge in [-0.05, 0) is 25.3 Å². The highest BCUT2D eigenvalue weighted by Gasteiger charge is 2.25. The van der Waals surface area contributed by atoms with Gasteiger partial charge in [-0.15, -0.1) is 6.58 Å². The number of aromatic nitrogens is 2. The Morgan fingerprint density at radius 2 is 2.10 bits per heavy atom. The molecule has 0 aliphatic rings. The van der Waals surface area contributed by atoms with Crippen LogP contribution >= 0.6 is 0 Å². The lowest BCUT2D eigenvalue weighted by atomic mass is 10.2. The Balaban J connectivity index is 2.40. The Morgan fingerprint density at radius 1 is 1.37 bits per heavy atom. The molecule has 0 saturated heterocycles. The minimum atomic E-state index is -3.65. The van der Waals surface area contributed by atoms with Crippen molar-refractivity contribution in [1.29, 1.82) is 0 Å². The summed E-state index contributed by atoms with van der Waals surface area (Å²) in [7, 11) is -3.65. The monoisotopic (exact) mass is 432 g/mol. The fraction of sp³-hybridized carbons (Fsp3) is 0.455. The number of hydrogen-bond donors (Lipinski definition) is 1. The van der Waals surface area contributed by atoms with E-state index in [1.54, 1.807) is 21.7 Å². The molecule has 1 heterocycles. The van der Waals surface area contributed by atoms with E-state index in [9.17, 15) is 13.2 Å². The highest BCUT2D eigenvalue weighted by Crippen LogP contribution is 2.21. The van der Waals surface area contributed by atoms with Crippen molar-refractivity contribution in [2.45, 2.75) is 51.7 Å². The number of carbonyl (C=O) groups excluding carboxylic acids is 1. The fourth-order valence-electron chi connectivity index (χ4n) is 3.25. The Bertz CT molecular complexity index is 980. The number of urea groups is 1. The lowest BCUT2D eigenvalue weighted by molar-refractivity contribution is 0.200. The van der Waals surface area contributed by atoms with Crippen LogP contribution in [0.4, 0.5) is 4.79 Å². The van der Waals surface area contributed by atoms with Crippen LogP contribution in [0.5, 0.6) is 0 Å². The van der Waals surface area contributed by atoms with Crippen LogP contribution in [0.2, 0.25) is 0 Å². The number of sulfone groups is 1. The van der Waals surface area contributed by atoms with E-state index < -0.39 is 9.84 Å². The second-order valence-electron chi connectivity index (χ2n) is 7.79. The molecular formula is C22H32N4O3S. The van der Waals surface area contributed by atoms with Gasteiger partial charge in [0.05, 0.1) is 24.2 Å². The van der Waals surface area contributed by atoms with Crippen LogP contribution in [0.25, 0.3) is 0 Å². The summed E-state index contributed by atoms with van der Waals surface area (Å²) >= 11 is 0. The molecular weight excluding hydrogens is 400 g/mol. The molecule has 0 fully saturated rings. The molecule has 7 nitrogen and oxygen atoms in total. The molecule has 30 heavy (non-hydrogen) atoms. The molecule has 2 amide bonds. The van der Waals surface area contributed by atoms with Gasteiger partial charge in [-0.2, -0.15) is 0 Å². The van der Waals surface area contributed by atoms with E-state index in [-0.39, 0.29) is 29.4 Å². The van der Waals surface area contributed by atoms with Crippen LogP contribution in [0.15, 0.2) is 48.3 Å². The SMILES string of the molecule is C=CCN(Cc1cnc(S(=O)(=O)Cc2cccc(C)c2)n1CC(C)C)C(=O)NCC. The molecule has 0 saturated carbocycles. The number of rotatable bonds is 10. The van der Waals surface area contributed by atoms with Gasteiger partial charge in [-0.3, -0.25) is 0 Å². The highest BCUT2D eigenvalue weighted by molar-refractivity contribution is 7.90. The highest BCUT2D eigenvalue weighted by atomic mass is 32.2. The summed E-state index contributed by atoms with van der Waals surface area (Å²) < 4.78 is 28.1. The third-order valence-electron chi connectivity index (χ3n) is 4.48. The van der Waals surface area contributed by atoms with E-state index in [1.807, 2.05) is 52.0 Å². The van der Waals surface area contributed by atoms with Crippen LogP contribution in [0.1, 0.15) is 37.6 Å². The molecule has 0 spiro atoms. The van der Waals surface area contributed by atoms with Gasteiger partial charge in [0.25, 0.3) is 0 Å². The van der Waals surface area contributed by atoms with Crippen molar-refractivity contribution in [2.24, 2.45) is 5.92 Å². The van der Waals surface area contributed by atoms with Gasteiger partial charge < -0.3 is 14.8 Å². The minimum Gasteiger partial charge on any atom is -0.338 e. The average molecular weight is 433 g/mol. The first-order valence-corrected chi connectivity index (χ1v) is 11.8. The first kappa shape index (κ1) is 23.7. The second-order valence-corrected chi connectivity index (χ2v) is 9.67. The van der Waals surface area contributed by atoms with Crippen molar-refractivity contribution >= 4 is 15.9 Å². The molecule has 0 unspecified atom stereocenters. The van der Waals surface area contributed by atoms with E-state index in [1.165, 1.54) is 0 Å². The molecule has 1 N–H and O–H groups in total. The lowest BCUT2D eigenvalue weighted by Gasteiger charge is -2.23. The zero-order valence-electron chi connectivity index (χ0n) is 18.3. The topological polar surface area (TPSA) is 84.3 Å². The van der Waals surface area contributed by atoms with Crippen LogP contribution in [-0.4, -0.2) is 42.0 Å². The second kappa shape index (κ2) is 10.4. The zero-order chi connectivity index (χ0) is 22.3. The quantitative estimate of drug-likeness (QED) is 0.582. The fourth-order valence-corrected chi connectivity index (χ4v) is 4.73. The van der Waals surface area contributed by atoms with Crippen LogP contribution < -0.4 is 5.32 Å². The van der Waals surface area contributed by atoms with Gasteiger partial charge in [-0.1, -0.05) is 49.8 Å². The molecule has 0 bridgehead atoms. The molecule has 2 rings (SSSR count). The molecule has 0 atom stereocenters. The molecule has 2 aromatic rings. The largest absolute Gasteiger partial charge is 0.338 e. The van der Waals surface area contributed by atoms with Crippen molar-refractivity contribution in [2.75, 3.05) is 13.1 Å². The van der Waals surface area contributed by atoms with E-state index in [2.05, 4.69) is 16.9 Å². The van der Waals surface area contributed by atoms with Gasteiger partial charge >= 0.3 is 6.03 Å². The Morgan fingerprint density at radius 3 is 2.70 bits per heavy atom. The zero-order valence-corrected chi connectivity index (χ0v) is 19.1. The van der Waals surface area contributed by atoms with E-state index in [0.29, 0.717) is 25.3 Å². The number of nitrogens with one attached hydrogen (secondary N) is 1. The molecule has 0 aliphatic heterocycles. The Labute approximate surface area is 179 Å². The minimum absolute atomic E-state index is 0.0437. The number of benzene rings is 1. The van der Waals surface area contributed by atoms with Gasteiger partial charge in [0.2, 0.25) is 15.0 Å². The summed E-state index contributed by atoms with van der Waals surface area (Å²) in [6.45, 7) is 13.1. The van der Waals surface area contributed by atoms with Crippen LogP contribution in [0.3, 0.4) is 0 Å². The Kier molecular flexibility index (Phi) is 8.23. The molecule has 0 aliphatic carbocycles. The number of nitrogens with zero attached hydrogens (tertiary/aromatic N) is 3. The molecule has 0 radical (unpaired) electrons. The van der Waals surface area contributed by atoms with Crippen molar-refractivity contribution in [1.82, 2.24) is 19.8 Å². The molecule has 1 aromatic heterocycles. The van der Waals surface area contributed by atoms with Crippen molar-refractivity contribution in [3.8, 4) is 0 Å². The summed E-state index contributed by atoms with van der Waals surface area (Å²) in [6, 6.07) is 7.24. The first-order valence-electron chi connectivity index (χ1n) is 10.1. The number of carbonyl (C=O) groups is 1. The third-order valence-corrected chi connectivity index (χ3v) is 6.08. The first-order chi connectivity index (χ1) is 14.2. The molecule has 8 heteroatoms. The predicted octanol–water partition coefficient (Wildman–Crippen LogP) is 3.54. The van der Waals surface area contributed by atoms with Crippen LogP contribution in [0, 0.1) is 12.8 Å². The maximum Gasteiger partial charge on any atom is 0.318 e. The van der Waals surface area contributed by atoms with Gasteiger partial charge in [0, 0.05) is 19.6 Å². The van der Waals surface area contributed by atoms with Crippen molar-refractivity contribution < 1.29 is 13.2 Å².